The van der Waals surface area contributed by atoms with Crippen LogP contribution in [0.3, 0.4) is 0 Å². The van der Waals surface area contributed by atoms with Crippen LogP contribution >= 0.6 is 0 Å². The maximum absolute atomic E-state index is 12.7. The van der Waals surface area contributed by atoms with E-state index in [2.05, 4.69) is 9.97 Å². The predicted molar refractivity (Wildman–Crippen MR) is 78.3 cm³/mol. The molecule has 0 radical (unpaired) electrons. The molecule has 2 aromatic heterocycles. The van der Waals surface area contributed by atoms with E-state index in [1.165, 1.54) is 16.8 Å². The van der Waals surface area contributed by atoms with Gasteiger partial charge in [0.05, 0.1) is 6.33 Å². The molecule has 0 amide bonds. The number of hydrogen-bond donors (Lipinski definition) is 0. The fourth-order valence-corrected chi connectivity index (χ4v) is 3.77. The largest absolute Gasteiger partial charge is 0.358 e. The summed E-state index contributed by atoms with van der Waals surface area (Å²) in [4.78, 5) is 10.3. The molecule has 1 aliphatic rings. The lowest BCUT2D eigenvalue weighted by Crippen LogP contribution is -2.34. The van der Waals surface area contributed by atoms with Crippen molar-refractivity contribution in [2.75, 3.05) is 25.0 Å². The number of rotatable bonds is 2. The van der Waals surface area contributed by atoms with Crippen LogP contribution in [0.5, 0.6) is 0 Å². The number of aryl methyl sites for hydroxylation is 1. The molecule has 0 bridgehead atoms. The average Bonchev–Trinajstić information content (AvgIpc) is 2.83. The van der Waals surface area contributed by atoms with Gasteiger partial charge in [0.25, 0.3) is 10.0 Å². The van der Waals surface area contributed by atoms with Gasteiger partial charge >= 0.3 is 0 Å². The summed E-state index contributed by atoms with van der Waals surface area (Å²) in [5.74, 6) is 0.830. The topological polar surface area (TPSA) is 71.3 Å². The highest BCUT2D eigenvalue weighted by Gasteiger charge is 2.30. The van der Waals surface area contributed by atoms with E-state index in [0.29, 0.717) is 19.6 Å². The maximum Gasteiger partial charge on any atom is 0.262 e. The van der Waals surface area contributed by atoms with Gasteiger partial charge in [0.1, 0.15) is 5.82 Å². The van der Waals surface area contributed by atoms with Gasteiger partial charge in [-0.05, 0) is 6.07 Å². The van der Waals surface area contributed by atoms with E-state index < -0.39 is 10.0 Å². The van der Waals surface area contributed by atoms with E-state index in [1.54, 1.807) is 17.8 Å². The minimum atomic E-state index is -3.58. The van der Waals surface area contributed by atoms with Crippen molar-refractivity contribution in [2.45, 2.75) is 11.6 Å². The first-order chi connectivity index (χ1) is 9.98. The molecule has 21 heavy (non-hydrogen) atoms. The Bertz CT molecular complexity index is 755. The van der Waals surface area contributed by atoms with Gasteiger partial charge in [0, 0.05) is 51.7 Å². The van der Waals surface area contributed by atoms with Gasteiger partial charge in [-0.3, -0.25) is 0 Å². The Morgan fingerprint density at radius 3 is 2.71 bits per heavy atom. The van der Waals surface area contributed by atoms with Crippen LogP contribution in [0.25, 0.3) is 0 Å². The van der Waals surface area contributed by atoms with E-state index >= 15 is 0 Å². The number of pyridine rings is 1. The zero-order valence-corrected chi connectivity index (χ0v) is 12.8. The van der Waals surface area contributed by atoms with Crippen molar-refractivity contribution in [1.82, 2.24) is 18.8 Å². The Hall–Kier alpha value is -1.93. The van der Waals surface area contributed by atoms with Crippen LogP contribution in [-0.4, -0.2) is 47.4 Å². The standard InChI is InChI=1S/C13H17N5O2S/c1-16-9-12(15-10-16)21(19,20)18-7-6-17(2)13-11(8-18)4-3-5-14-13/h3-5,9-10H,6-8H2,1-2H3. The van der Waals surface area contributed by atoms with Gasteiger partial charge in [-0.2, -0.15) is 4.31 Å². The number of anilines is 1. The summed E-state index contributed by atoms with van der Waals surface area (Å²) in [6, 6.07) is 3.73. The van der Waals surface area contributed by atoms with Crippen molar-refractivity contribution in [3.05, 3.63) is 36.4 Å². The molecule has 0 unspecified atom stereocenters. The first-order valence-corrected chi connectivity index (χ1v) is 8.05. The Morgan fingerprint density at radius 2 is 2.00 bits per heavy atom. The SMILES string of the molecule is CN1CCN(S(=O)(=O)c2cn(C)cn2)Cc2cccnc21. The number of sulfonamides is 1. The van der Waals surface area contributed by atoms with Crippen molar-refractivity contribution >= 4 is 15.8 Å². The van der Waals surface area contributed by atoms with Gasteiger partial charge in [0.15, 0.2) is 5.03 Å². The van der Waals surface area contributed by atoms with Crippen LogP contribution in [-0.2, 0) is 23.6 Å². The minimum Gasteiger partial charge on any atom is -0.358 e. The van der Waals surface area contributed by atoms with Crippen molar-refractivity contribution in [3.8, 4) is 0 Å². The molecule has 0 N–H and O–H groups in total. The Morgan fingerprint density at radius 1 is 1.19 bits per heavy atom. The first kappa shape index (κ1) is 14.0. The third-order valence-corrected chi connectivity index (χ3v) is 5.28. The summed E-state index contributed by atoms with van der Waals surface area (Å²) in [6.45, 7) is 1.31. The summed E-state index contributed by atoms with van der Waals surface area (Å²) in [5, 5.41) is 0.0833. The lowest BCUT2D eigenvalue weighted by Gasteiger charge is -2.19. The number of imidazole rings is 1. The molecule has 3 rings (SSSR count). The molecule has 0 aromatic carbocycles. The monoisotopic (exact) mass is 307 g/mol. The lowest BCUT2D eigenvalue weighted by molar-refractivity contribution is 0.418. The number of aromatic nitrogens is 3. The number of hydrogen-bond acceptors (Lipinski definition) is 5. The summed E-state index contributed by atoms with van der Waals surface area (Å²) < 4.78 is 28.5. The second kappa shape index (κ2) is 5.12. The summed E-state index contributed by atoms with van der Waals surface area (Å²) in [5.41, 5.74) is 0.900. The van der Waals surface area contributed by atoms with E-state index in [0.717, 1.165) is 11.4 Å². The predicted octanol–water partition coefficient (Wildman–Crippen LogP) is 0.456. The Kier molecular flexibility index (Phi) is 3.42. The van der Waals surface area contributed by atoms with Crippen LogP contribution in [0.15, 0.2) is 35.9 Å². The summed E-state index contributed by atoms with van der Waals surface area (Å²) >= 11 is 0. The maximum atomic E-state index is 12.7. The molecule has 0 fully saturated rings. The Balaban J connectivity index is 1.98. The van der Waals surface area contributed by atoms with Gasteiger partial charge in [0.2, 0.25) is 0 Å². The smallest absolute Gasteiger partial charge is 0.262 e. The van der Waals surface area contributed by atoms with Crippen LogP contribution in [0.4, 0.5) is 5.82 Å². The van der Waals surface area contributed by atoms with Gasteiger partial charge < -0.3 is 9.47 Å². The highest BCUT2D eigenvalue weighted by molar-refractivity contribution is 7.89. The number of fused-ring (bicyclic) bond motifs is 1. The zero-order chi connectivity index (χ0) is 15.0. The van der Waals surface area contributed by atoms with Crippen molar-refractivity contribution in [1.29, 1.82) is 0 Å². The lowest BCUT2D eigenvalue weighted by atomic mass is 10.2. The second-order valence-corrected chi connectivity index (χ2v) is 7.01. The van der Waals surface area contributed by atoms with Gasteiger partial charge in [-0.15, -0.1) is 0 Å². The van der Waals surface area contributed by atoms with Crippen LogP contribution in [0.2, 0.25) is 0 Å². The Labute approximate surface area is 123 Å². The molecule has 2 aromatic rings. The molecule has 7 nitrogen and oxygen atoms in total. The molecule has 0 saturated heterocycles. The number of nitrogens with zero attached hydrogens (tertiary/aromatic N) is 5. The molecule has 0 atom stereocenters. The van der Waals surface area contributed by atoms with Crippen LogP contribution in [0, 0.1) is 0 Å². The molecule has 8 heteroatoms. The summed E-state index contributed by atoms with van der Waals surface area (Å²) in [6.07, 6.45) is 4.73. The molecule has 0 saturated carbocycles. The highest BCUT2D eigenvalue weighted by atomic mass is 32.2. The molecule has 112 valence electrons. The average molecular weight is 307 g/mol. The fourth-order valence-electron chi connectivity index (χ4n) is 2.39. The van der Waals surface area contributed by atoms with Crippen molar-refractivity contribution in [2.24, 2.45) is 7.05 Å². The van der Waals surface area contributed by atoms with E-state index in [-0.39, 0.29) is 5.03 Å². The van der Waals surface area contributed by atoms with E-state index in [4.69, 9.17) is 0 Å². The molecule has 3 heterocycles. The third-order valence-electron chi connectivity index (χ3n) is 3.55. The minimum absolute atomic E-state index is 0.0833. The van der Waals surface area contributed by atoms with E-state index in [1.807, 2.05) is 24.1 Å². The van der Waals surface area contributed by atoms with Gasteiger partial charge in [-0.1, -0.05) is 6.07 Å². The van der Waals surface area contributed by atoms with Crippen molar-refractivity contribution < 1.29 is 8.42 Å². The fraction of sp³-hybridized carbons (Fsp3) is 0.385. The number of likely N-dealkylation sites (N-methyl/N-ethyl adjacent to an activating group) is 1. The first-order valence-electron chi connectivity index (χ1n) is 6.61. The molecule has 0 aliphatic carbocycles. The molecular weight excluding hydrogens is 290 g/mol. The van der Waals surface area contributed by atoms with Crippen LogP contribution in [0.1, 0.15) is 5.56 Å². The van der Waals surface area contributed by atoms with Crippen molar-refractivity contribution in [3.63, 3.8) is 0 Å². The molecular formula is C13H17N5O2S. The van der Waals surface area contributed by atoms with Gasteiger partial charge in [-0.25, -0.2) is 18.4 Å². The normalized spacial score (nSPS) is 16.6. The quantitative estimate of drug-likeness (QED) is 0.806. The third kappa shape index (κ3) is 2.52. The molecule has 1 aliphatic heterocycles. The van der Waals surface area contributed by atoms with E-state index in [9.17, 15) is 8.42 Å². The highest BCUT2D eigenvalue weighted by Crippen LogP contribution is 2.24. The molecule has 0 spiro atoms. The second-order valence-electron chi connectivity index (χ2n) is 5.12. The zero-order valence-electron chi connectivity index (χ0n) is 12.0. The summed E-state index contributed by atoms with van der Waals surface area (Å²) in [7, 11) is 0.0871. The van der Waals surface area contributed by atoms with Crippen LogP contribution < -0.4 is 4.90 Å².